The van der Waals surface area contributed by atoms with Gasteiger partial charge in [-0.25, -0.2) is 0 Å². The van der Waals surface area contributed by atoms with Gasteiger partial charge in [-0.1, -0.05) is 29.7 Å². The van der Waals surface area contributed by atoms with Crippen molar-refractivity contribution in [3.05, 3.63) is 0 Å². The third kappa shape index (κ3) is 21.5. The SMILES string of the molecule is C.C.C.C.C[Si](C)(C)O[Si](C)(CCCC#N)O[Si](CCCC#N)(CCCC#N)O[Si](C)(C)C. The number of hydrogen-bond acceptors (Lipinski definition) is 6. The fourth-order valence-corrected chi connectivity index (χ4v) is 22.3. The Morgan fingerprint density at radius 2 is 0.848 bits per heavy atom. The quantitative estimate of drug-likeness (QED) is 0.154. The van der Waals surface area contributed by atoms with Crippen LogP contribution in [0.5, 0.6) is 0 Å². The van der Waals surface area contributed by atoms with Gasteiger partial charge in [0.1, 0.15) is 0 Å². The Bertz CT molecular complexity index is 597. The van der Waals surface area contributed by atoms with E-state index in [0.29, 0.717) is 19.3 Å². The average molecular weight is 534 g/mol. The first kappa shape index (κ1) is 42.4. The molecule has 0 radical (unpaired) electrons. The minimum Gasteiger partial charge on any atom is -0.437 e. The Morgan fingerprint density at radius 1 is 0.515 bits per heavy atom. The fraction of sp³-hybridized carbons (Fsp3) is 0.870. The molecule has 6 nitrogen and oxygen atoms in total. The molecule has 0 aliphatic rings. The zero-order valence-corrected chi connectivity index (χ0v) is 23.4. The number of nitriles is 3. The topological polar surface area (TPSA) is 99.1 Å². The van der Waals surface area contributed by atoms with Crippen LogP contribution in [0.2, 0.25) is 64.0 Å². The zero-order valence-electron chi connectivity index (χ0n) is 19.4. The average Bonchev–Trinajstić information content (AvgIpc) is 2.52. The summed E-state index contributed by atoms with van der Waals surface area (Å²) in [5, 5.41) is 27.1. The van der Waals surface area contributed by atoms with Gasteiger partial charge in [0.25, 0.3) is 0 Å². The predicted molar refractivity (Wildman–Crippen MR) is 153 cm³/mol. The van der Waals surface area contributed by atoms with Crippen LogP contribution in [0.25, 0.3) is 0 Å². The van der Waals surface area contributed by atoms with E-state index in [1.165, 1.54) is 0 Å². The van der Waals surface area contributed by atoms with Crippen LogP contribution in [-0.2, 0) is 12.3 Å². The number of hydrogen-bond donors (Lipinski definition) is 0. The minimum absolute atomic E-state index is 0. The molecule has 0 heterocycles. The van der Waals surface area contributed by atoms with E-state index in [9.17, 15) is 0 Å². The molecule has 196 valence electrons. The largest absolute Gasteiger partial charge is 0.437 e. The molecule has 0 amide bonds. The molecule has 0 rings (SSSR count). The normalized spacial score (nSPS) is 12.7. The third-order valence-electron chi connectivity index (χ3n) is 4.03. The van der Waals surface area contributed by atoms with Crippen LogP contribution >= 0.6 is 0 Å². The number of rotatable bonds is 15. The van der Waals surface area contributed by atoms with Crippen LogP contribution in [-0.4, -0.2) is 33.8 Å². The molecule has 0 saturated carbocycles. The summed E-state index contributed by atoms with van der Waals surface area (Å²) < 4.78 is 20.4. The Balaban J connectivity index is -0.000000653. The van der Waals surface area contributed by atoms with E-state index in [1.54, 1.807) is 0 Å². The second-order valence-corrected chi connectivity index (χ2v) is 26.1. The molecule has 1 unspecified atom stereocenters. The highest BCUT2D eigenvalue weighted by Crippen LogP contribution is 2.34. The molecule has 0 aromatic rings. The van der Waals surface area contributed by atoms with Gasteiger partial charge in [0.15, 0.2) is 16.6 Å². The lowest BCUT2D eigenvalue weighted by Gasteiger charge is -2.44. The molecule has 0 aromatic heterocycles. The standard InChI is InChI=1S/C19H39N3O3Si4.4CH4/c1-26(2,3)23-28(7,17-11-8-14-20)25-29(18-12-9-15-21,19-13-10-16-22)24-27(4,5)6;;;;/h8-13,17-19H2,1-7H3;4*1H4. The highest BCUT2D eigenvalue weighted by molar-refractivity contribution is 6.90. The van der Waals surface area contributed by atoms with Crippen molar-refractivity contribution in [2.45, 2.75) is 132 Å². The molecule has 0 saturated heterocycles. The molecule has 0 aromatic carbocycles. The van der Waals surface area contributed by atoms with E-state index in [1.807, 2.05) is 0 Å². The highest BCUT2D eigenvalue weighted by atomic mass is 28.5. The summed E-state index contributed by atoms with van der Waals surface area (Å²) in [5.41, 5.74) is 0. The summed E-state index contributed by atoms with van der Waals surface area (Å²) in [6.07, 6.45) is 3.70. The summed E-state index contributed by atoms with van der Waals surface area (Å²) >= 11 is 0. The van der Waals surface area contributed by atoms with Crippen molar-refractivity contribution < 1.29 is 12.3 Å². The van der Waals surface area contributed by atoms with Crippen LogP contribution < -0.4 is 0 Å². The second kappa shape index (κ2) is 19.5. The maximum absolute atomic E-state index is 9.05. The first-order valence-electron chi connectivity index (χ1n) is 10.5. The van der Waals surface area contributed by atoms with Gasteiger partial charge in [-0.3, -0.25) is 0 Å². The first-order valence-corrected chi connectivity index (χ1v) is 22.1. The van der Waals surface area contributed by atoms with Gasteiger partial charge in [0, 0.05) is 19.3 Å². The molecule has 1 atom stereocenters. The molecule has 0 spiro atoms. The lowest BCUT2D eigenvalue weighted by Crippen LogP contribution is -2.59. The van der Waals surface area contributed by atoms with E-state index in [2.05, 4.69) is 64.0 Å². The van der Waals surface area contributed by atoms with E-state index >= 15 is 0 Å². The van der Waals surface area contributed by atoms with Gasteiger partial charge in [0.2, 0.25) is 0 Å². The summed E-state index contributed by atoms with van der Waals surface area (Å²) in [6.45, 7) is 15.1. The summed E-state index contributed by atoms with van der Waals surface area (Å²) in [4.78, 5) is 0. The molecular formula is C23H55N3O3Si4. The smallest absolute Gasteiger partial charge is 0.319 e. The number of nitrogens with zero attached hydrogens (tertiary/aromatic N) is 3. The van der Waals surface area contributed by atoms with Crippen molar-refractivity contribution in [1.29, 1.82) is 15.8 Å². The lowest BCUT2D eigenvalue weighted by atomic mass is 10.4. The molecule has 0 bridgehead atoms. The van der Waals surface area contributed by atoms with E-state index < -0.39 is 33.8 Å². The summed E-state index contributed by atoms with van der Waals surface area (Å²) in [7, 11) is -9.01. The third-order valence-corrected chi connectivity index (χ3v) is 18.9. The predicted octanol–water partition coefficient (Wildman–Crippen LogP) is 8.68. The Kier molecular flexibility index (Phi) is 25.1. The molecule has 0 fully saturated rings. The first-order chi connectivity index (χ1) is 13.3. The van der Waals surface area contributed by atoms with Gasteiger partial charge in [0.05, 0.1) is 18.2 Å². The van der Waals surface area contributed by atoms with Crippen molar-refractivity contribution >= 4 is 33.8 Å². The molecule has 0 aliphatic carbocycles. The summed E-state index contributed by atoms with van der Waals surface area (Å²) in [5.74, 6) is 0. The molecular weight excluding hydrogens is 479 g/mol. The van der Waals surface area contributed by atoms with E-state index in [0.717, 1.165) is 37.4 Å². The van der Waals surface area contributed by atoms with Gasteiger partial charge in [-0.2, -0.15) is 15.8 Å². The maximum atomic E-state index is 9.05. The van der Waals surface area contributed by atoms with Gasteiger partial charge in [-0.05, 0) is 83.2 Å². The van der Waals surface area contributed by atoms with E-state index in [-0.39, 0.29) is 29.7 Å². The zero-order chi connectivity index (χ0) is 22.6. The highest BCUT2D eigenvalue weighted by Gasteiger charge is 2.48. The molecule has 10 heteroatoms. The Labute approximate surface area is 212 Å². The summed E-state index contributed by atoms with van der Waals surface area (Å²) in [6, 6.07) is 8.98. The molecule has 33 heavy (non-hydrogen) atoms. The van der Waals surface area contributed by atoms with Crippen LogP contribution in [0.3, 0.4) is 0 Å². The van der Waals surface area contributed by atoms with Crippen molar-refractivity contribution in [3.8, 4) is 18.2 Å². The second-order valence-electron chi connectivity index (χ2n) is 9.61. The monoisotopic (exact) mass is 533 g/mol. The van der Waals surface area contributed by atoms with Crippen molar-refractivity contribution in [2.75, 3.05) is 0 Å². The van der Waals surface area contributed by atoms with Crippen molar-refractivity contribution in [3.63, 3.8) is 0 Å². The Hall–Kier alpha value is -0.782. The lowest BCUT2D eigenvalue weighted by molar-refractivity contribution is 0.306. The van der Waals surface area contributed by atoms with Crippen molar-refractivity contribution in [1.82, 2.24) is 0 Å². The fourth-order valence-electron chi connectivity index (χ4n) is 3.43. The van der Waals surface area contributed by atoms with Crippen LogP contribution in [0, 0.1) is 34.0 Å². The maximum Gasteiger partial charge on any atom is 0.319 e. The van der Waals surface area contributed by atoms with Gasteiger partial charge >= 0.3 is 17.1 Å². The van der Waals surface area contributed by atoms with E-state index in [4.69, 9.17) is 28.1 Å². The molecule has 0 aliphatic heterocycles. The minimum atomic E-state index is -2.67. The van der Waals surface area contributed by atoms with Gasteiger partial charge in [-0.15, -0.1) is 0 Å². The van der Waals surface area contributed by atoms with Crippen LogP contribution in [0.1, 0.15) is 68.2 Å². The van der Waals surface area contributed by atoms with Crippen LogP contribution in [0.4, 0.5) is 0 Å². The Morgan fingerprint density at radius 3 is 1.15 bits per heavy atom. The van der Waals surface area contributed by atoms with Crippen molar-refractivity contribution in [2.24, 2.45) is 0 Å². The molecule has 0 N–H and O–H groups in total. The number of unbranched alkanes of at least 4 members (excludes halogenated alkanes) is 3. The van der Waals surface area contributed by atoms with Gasteiger partial charge < -0.3 is 12.3 Å². The van der Waals surface area contributed by atoms with Crippen LogP contribution in [0.15, 0.2) is 0 Å².